The van der Waals surface area contributed by atoms with Gasteiger partial charge in [-0.25, -0.2) is 0 Å². The Morgan fingerprint density at radius 2 is 2.06 bits per heavy atom. The quantitative estimate of drug-likeness (QED) is 0.477. The Labute approximate surface area is 109 Å². The van der Waals surface area contributed by atoms with Crippen LogP contribution >= 0.6 is 11.6 Å². The molecule has 18 heavy (non-hydrogen) atoms. The molecule has 0 radical (unpaired) electrons. The Morgan fingerprint density at radius 1 is 1.33 bits per heavy atom. The first kappa shape index (κ1) is 12.6. The van der Waals surface area contributed by atoms with Gasteiger partial charge in [0.2, 0.25) is 0 Å². The van der Waals surface area contributed by atoms with Crippen molar-refractivity contribution in [1.82, 2.24) is 0 Å². The number of aryl methyl sites for hydroxylation is 1. The summed E-state index contributed by atoms with van der Waals surface area (Å²) in [7, 11) is 0. The summed E-state index contributed by atoms with van der Waals surface area (Å²) in [5.74, 6) is 0.145. The molecule has 0 N–H and O–H groups in total. The number of furan rings is 1. The lowest BCUT2D eigenvalue weighted by Crippen LogP contribution is -1.96. The summed E-state index contributed by atoms with van der Waals surface area (Å²) in [6, 6.07) is 10.8. The second-order valence-corrected chi connectivity index (χ2v) is 4.56. The van der Waals surface area contributed by atoms with E-state index in [9.17, 15) is 10.1 Å². The fraction of sp³-hybridized carbons (Fsp3) is 0.231. The molecule has 0 spiro atoms. The molecule has 94 valence electrons. The maximum Gasteiger partial charge on any atom is 0.433 e. The molecule has 1 unspecified atom stereocenters. The van der Waals surface area contributed by atoms with Crippen molar-refractivity contribution in [3.8, 4) is 0 Å². The lowest BCUT2D eigenvalue weighted by Gasteiger charge is -2.08. The Hall–Kier alpha value is -1.81. The van der Waals surface area contributed by atoms with Crippen LogP contribution < -0.4 is 0 Å². The zero-order valence-electron chi connectivity index (χ0n) is 9.80. The SMILES string of the molecule is Cc1ccccc1CC(Cl)c1ccc([N+](=O)[O-])o1. The summed E-state index contributed by atoms with van der Waals surface area (Å²) in [5.41, 5.74) is 2.25. The van der Waals surface area contributed by atoms with E-state index in [1.165, 1.54) is 6.07 Å². The monoisotopic (exact) mass is 265 g/mol. The highest BCUT2D eigenvalue weighted by molar-refractivity contribution is 6.20. The summed E-state index contributed by atoms with van der Waals surface area (Å²) in [6.07, 6.45) is 0.582. The zero-order valence-corrected chi connectivity index (χ0v) is 10.6. The van der Waals surface area contributed by atoms with Crippen LogP contribution in [0.4, 0.5) is 5.88 Å². The Morgan fingerprint density at radius 3 is 2.67 bits per heavy atom. The molecule has 0 bridgehead atoms. The van der Waals surface area contributed by atoms with Gasteiger partial charge in [-0.3, -0.25) is 10.1 Å². The summed E-state index contributed by atoms with van der Waals surface area (Å²) < 4.78 is 5.09. The summed E-state index contributed by atoms with van der Waals surface area (Å²) in [4.78, 5) is 9.95. The number of nitrogens with zero attached hydrogens (tertiary/aromatic N) is 1. The van der Waals surface area contributed by atoms with Gasteiger partial charge in [-0.1, -0.05) is 24.3 Å². The van der Waals surface area contributed by atoms with E-state index < -0.39 is 10.3 Å². The molecule has 1 aromatic heterocycles. The fourth-order valence-corrected chi connectivity index (χ4v) is 2.02. The largest absolute Gasteiger partial charge is 0.433 e. The highest BCUT2D eigenvalue weighted by Crippen LogP contribution is 2.29. The summed E-state index contributed by atoms with van der Waals surface area (Å²) in [6.45, 7) is 2.00. The summed E-state index contributed by atoms with van der Waals surface area (Å²) >= 11 is 6.21. The van der Waals surface area contributed by atoms with Crippen LogP contribution in [0.2, 0.25) is 0 Å². The van der Waals surface area contributed by atoms with Gasteiger partial charge < -0.3 is 4.42 Å². The fourth-order valence-electron chi connectivity index (χ4n) is 1.74. The Kier molecular flexibility index (Phi) is 3.67. The first-order valence-electron chi connectivity index (χ1n) is 5.50. The van der Waals surface area contributed by atoms with Crippen molar-refractivity contribution < 1.29 is 9.34 Å². The Balaban J connectivity index is 2.14. The molecule has 2 rings (SSSR count). The van der Waals surface area contributed by atoms with Crippen LogP contribution in [0.5, 0.6) is 0 Å². The predicted octanol–water partition coefficient (Wildman–Crippen LogP) is 4.02. The predicted molar refractivity (Wildman–Crippen MR) is 68.8 cm³/mol. The van der Waals surface area contributed by atoms with E-state index in [4.69, 9.17) is 16.0 Å². The molecule has 0 fully saturated rings. The van der Waals surface area contributed by atoms with Gasteiger partial charge in [-0.2, -0.15) is 0 Å². The lowest BCUT2D eigenvalue weighted by molar-refractivity contribution is -0.402. The van der Waals surface area contributed by atoms with E-state index in [2.05, 4.69) is 0 Å². The molecule has 0 saturated carbocycles. The number of hydrogen-bond donors (Lipinski definition) is 0. The van der Waals surface area contributed by atoms with Gasteiger partial charge in [-0.05, 0) is 30.5 Å². The van der Waals surface area contributed by atoms with Gasteiger partial charge in [0.1, 0.15) is 10.7 Å². The number of benzene rings is 1. The first-order valence-corrected chi connectivity index (χ1v) is 5.94. The van der Waals surface area contributed by atoms with Crippen molar-refractivity contribution in [3.63, 3.8) is 0 Å². The van der Waals surface area contributed by atoms with Crippen LogP contribution in [-0.4, -0.2) is 4.92 Å². The molecule has 0 aliphatic rings. The minimum absolute atomic E-state index is 0.277. The molecule has 1 aromatic carbocycles. The zero-order chi connectivity index (χ0) is 13.1. The van der Waals surface area contributed by atoms with Crippen LogP contribution in [0, 0.1) is 17.0 Å². The van der Waals surface area contributed by atoms with Gasteiger partial charge in [0.25, 0.3) is 0 Å². The van der Waals surface area contributed by atoms with E-state index >= 15 is 0 Å². The second-order valence-electron chi connectivity index (χ2n) is 4.03. The van der Waals surface area contributed by atoms with Crippen molar-refractivity contribution in [3.05, 3.63) is 63.4 Å². The van der Waals surface area contributed by atoms with Crippen LogP contribution in [0.1, 0.15) is 22.3 Å². The van der Waals surface area contributed by atoms with Crippen molar-refractivity contribution in [2.45, 2.75) is 18.7 Å². The van der Waals surface area contributed by atoms with Crippen LogP contribution in [0.25, 0.3) is 0 Å². The van der Waals surface area contributed by atoms with Gasteiger partial charge in [0.15, 0.2) is 0 Å². The smallest absolute Gasteiger partial charge is 0.404 e. The third-order valence-corrected chi connectivity index (χ3v) is 3.13. The lowest BCUT2D eigenvalue weighted by atomic mass is 10.0. The van der Waals surface area contributed by atoms with E-state index in [0.717, 1.165) is 11.1 Å². The van der Waals surface area contributed by atoms with Gasteiger partial charge in [-0.15, -0.1) is 11.6 Å². The van der Waals surface area contributed by atoms with E-state index in [1.807, 2.05) is 31.2 Å². The third-order valence-electron chi connectivity index (χ3n) is 2.76. The highest BCUT2D eigenvalue weighted by atomic mass is 35.5. The number of hydrogen-bond acceptors (Lipinski definition) is 3. The number of alkyl halides is 1. The first-order chi connectivity index (χ1) is 8.58. The molecule has 5 heteroatoms. The minimum Gasteiger partial charge on any atom is -0.404 e. The van der Waals surface area contributed by atoms with Gasteiger partial charge in [0, 0.05) is 0 Å². The van der Waals surface area contributed by atoms with Gasteiger partial charge in [0.05, 0.1) is 11.4 Å². The normalized spacial score (nSPS) is 12.3. The molecule has 0 aliphatic carbocycles. The number of nitro groups is 1. The highest BCUT2D eigenvalue weighted by Gasteiger charge is 2.18. The van der Waals surface area contributed by atoms with Crippen LogP contribution in [0.15, 0.2) is 40.8 Å². The molecule has 1 atom stereocenters. The van der Waals surface area contributed by atoms with Crippen LogP contribution in [0.3, 0.4) is 0 Å². The maximum atomic E-state index is 10.5. The van der Waals surface area contributed by atoms with E-state index in [1.54, 1.807) is 6.07 Å². The second kappa shape index (κ2) is 5.23. The Bertz CT molecular complexity index is 565. The van der Waals surface area contributed by atoms with E-state index in [-0.39, 0.29) is 5.88 Å². The van der Waals surface area contributed by atoms with Gasteiger partial charge >= 0.3 is 5.88 Å². The average Bonchev–Trinajstić information content (AvgIpc) is 2.81. The maximum absolute atomic E-state index is 10.5. The average molecular weight is 266 g/mol. The van der Waals surface area contributed by atoms with Crippen molar-refractivity contribution >= 4 is 17.5 Å². The van der Waals surface area contributed by atoms with E-state index in [0.29, 0.717) is 12.2 Å². The molecular weight excluding hydrogens is 254 g/mol. The standard InChI is InChI=1S/C13H12ClNO3/c1-9-4-2-3-5-10(9)8-11(14)12-6-7-13(18-12)15(16)17/h2-7,11H,8H2,1H3. The molecule has 1 heterocycles. The molecule has 4 nitrogen and oxygen atoms in total. The van der Waals surface area contributed by atoms with Crippen molar-refractivity contribution in [2.75, 3.05) is 0 Å². The molecule has 0 saturated heterocycles. The van der Waals surface area contributed by atoms with Crippen molar-refractivity contribution in [2.24, 2.45) is 0 Å². The third kappa shape index (κ3) is 2.71. The minimum atomic E-state index is -0.569. The molecule has 2 aromatic rings. The molecule has 0 aliphatic heterocycles. The molecular formula is C13H12ClNO3. The number of halogens is 1. The number of rotatable bonds is 4. The van der Waals surface area contributed by atoms with Crippen molar-refractivity contribution in [1.29, 1.82) is 0 Å². The molecule has 0 amide bonds. The van der Waals surface area contributed by atoms with Crippen LogP contribution in [-0.2, 0) is 6.42 Å². The topological polar surface area (TPSA) is 56.3 Å². The summed E-state index contributed by atoms with van der Waals surface area (Å²) in [5, 5.41) is 10.1.